The monoisotopic (exact) mass is 454 g/mol. The SMILES string of the molecule is CCCN1CCc2c(sc(NC(=O)c3ccc(SCC)cc3)c2C(=O)OC)C1.Cl. The van der Waals surface area contributed by atoms with Gasteiger partial charge in [-0.1, -0.05) is 13.8 Å². The molecule has 1 aromatic heterocycles. The standard InChI is InChI=1S/C21H26N2O3S2.ClH/c1-4-11-23-12-10-16-17(13-23)28-20(18(16)21(25)26-3)22-19(24)14-6-8-15(9-7-14)27-5-2;/h6-9H,4-5,10-13H2,1-3H3,(H,22,24);1H. The molecule has 0 fully saturated rings. The van der Waals surface area contributed by atoms with Crippen molar-refractivity contribution in [1.82, 2.24) is 4.90 Å². The lowest BCUT2D eigenvalue weighted by molar-refractivity contribution is 0.0600. The first-order chi connectivity index (χ1) is 13.6. The van der Waals surface area contributed by atoms with Crippen LogP contribution in [0, 0.1) is 0 Å². The first kappa shape index (κ1) is 23.7. The van der Waals surface area contributed by atoms with Crippen LogP contribution < -0.4 is 5.32 Å². The Bertz CT molecular complexity index is 852. The number of hydrogen-bond donors (Lipinski definition) is 1. The van der Waals surface area contributed by atoms with Gasteiger partial charge in [0.05, 0.1) is 12.7 Å². The summed E-state index contributed by atoms with van der Waals surface area (Å²) in [4.78, 5) is 29.8. The fourth-order valence-corrected chi connectivity index (χ4v) is 5.35. The quantitative estimate of drug-likeness (QED) is 0.466. The summed E-state index contributed by atoms with van der Waals surface area (Å²) in [7, 11) is 1.38. The highest BCUT2D eigenvalue weighted by Crippen LogP contribution is 2.38. The van der Waals surface area contributed by atoms with Gasteiger partial charge in [0.1, 0.15) is 5.00 Å². The smallest absolute Gasteiger partial charge is 0.341 e. The number of halogens is 1. The van der Waals surface area contributed by atoms with Gasteiger partial charge in [0, 0.05) is 28.4 Å². The van der Waals surface area contributed by atoms with Crippen molar-refractivity contribution >= 4 is 52.4 Å². The molecule has 8 heteroatoms. The van der Waals surface area contributed by atoms with E-state index in [1.165, 1.54) is 18.4 Å². The van der Waals surface area contributed by atoms with E-state index in [9.17, 15) is 9.59 Å². The number of amides is 1. The molecule has 3 rings (SSSR count). The normalized spacial score (nSPS) is 13.3. The van der Waals surface area contributed by atoms with Gasteiger partial charge in [-0.15, -0.1) is 35.5 Å². The number of carbonyl (C=O) groups is 2. The van der Waals surface area contributed by atoms with E-state index in [0.717, 1.165) is 53.6 Å². The number of thioether (sulfide) groups is 1. The van der Waals surface area contributed by atoms with E-state index in [4.69, 9.17) is 4.74 Å². The lowest BCUT2D eigenvalue weighted by atomic mass is 10.0. The Morgan fingerprint density at radius 2 is 1.97 bits per heavy atom. The molecule has 2 heterocycles. The van der Waals surface area contributed by atoms with Crippen molar-refractivity contribution in [3.8, 4) is 0 Å². The van der Waals surface area contributed by atoms with Gasteiger partial charge in [0.2, 0.25) is 0 Å². The molecule has 158 valence electrons. The molecule has 5 nitrogen and oxygen atoms in total. The number of esters is 1. The fourth-order valence-electron chi connectivity index (χ4n) is 3.41. The molecule has 0 radical (unpaired) electrons. The molecule has 29 heavy (non-hydrogen) atoms. The molecule has 0 aliphatic carbocycles. The third-order valence-corrected chi connectivity index (χ3v) is 6.75. The zero-order chi connectivity index (χ0) is 20.1. The average molecular weight is 455 g/mol. The van der Waals surface area contributed by atoms with E-state index < -0.39 is 0 Å². The molecule has 0 saturated carbocycles. The van der Waals surface area contributed by atoms with Crippen LogP contribution in [0.25, 0.3) is 0 Å². The second kappa shape index (κ2) is 11.0. The van der Waals surface area contributed by atoms with Crippen LogP contribution in [0.5, 0.6) is 0 Å². The molecule has 0 unspecified atom stereocenters. The maximum absolute atomic E-state index is 12.8. The number of nitrogens with zero attached hydrogens (tertiary/aromatic N) is 1. The lowest BCUT2D eigenvalue weighted by Crippen LogP contribution is -2.30. The molecule has 1 aromatic carbocycles. The molecule has 1 aliphatic rings. The maximum Gasteiger partial charge on any atom is 0.341 e. The molecule has 1 N–H and O–H groups in total. The molecular formula is C21H27ClN2O3S2. The minimum Gasteiger partial charge on any atom is -0.465 e. The molecule has 2 aromatic rings. The number of methoxy groups -OCH3 is 1. The molecular weight excluding hydrogens is 428 g/mol. The second-order valence-electron chi connectivity index (χ2n) is 6.64. The van der Waals surface area contributed by atoms with E-state index in [0.29, 0.717) is 16.1 Å². The van der Waals surface area contributed by atoms with Crippen LogP contribution in [0.3, 0.4) is 0 Å². The highest BCUT2D eigenvalue weighted by molar-refractivity contribution is 7.99. The molecule has 0 spiro atoms. The zero-order valence-corrected chi connectivity index (χ0v) is 19.4. The second-order valence-corrected chi connectivity index (χ2v) is 9.08. The van der Waals surface area contributed by atoms with E-state index in [2.05, 4.69) is 24.1 Å². The molecule has 0 bridgehead atoms. The van der Waals surface area contributed by atoms with Crippen LogP contribution >= 0.6 is 35.5 Å². The Morgan fingerprint density at radius 1 is 1.24 bits per heavy atom. The third kappa shape index (κ3) is 5.54. The number of thiophene rings is 1. The van der Waals surface area contributed by atoms with Crippen molar-refractivity contribution in [2.75, 3.05) is 31.3 Å². The van der Waals surface area contributed by atoms with Gasteiger partial charge in [0.25, 0.3) is 5.91 Å². The predicted molar refractivity (Wildman–Crippen MR) is 123 cm³/mol. The topological polar surface area (TPSA) is 58.6 Å². The van der Waals surface area contributed by atoms with Crippen molar-refractivity contribution in [3.05, 3.63) is 45.8 Å². The number of nitrogens with one attached hydrogen (secondary N) is 1. The van der Waals surface area contributed by atoms with Crippen LogP contribution in [0.4, 0.5) is 5.00 Å². The van der Waals surface area contributed by atoms with Gasteiger partial charge in [-0.2, -0.15) is 0 Å². The van der Waals surface area contributed by atoms with Crippen LogP contribution in [-0.4, -0.2) is 42.7 Å². The summed E-state index contributed by atoms with van der Waals surface area (Å²) in [5.41, 5.74) is 2.12. The van der Waals surface area contributed by atoms with Crippen LogP contribution in [0.2, 0.25) is 0 Å². The van der Waals surface area contributed by atoms with Crippen LogP contribution in [-0.2, 0) is 17.7 Å². The van der Waals surface area contributed by atoms with E-state index in [1.807, 2.05) is 24.3 Å². The Balaban J connectivity index is 0.00000300. The largest absolute Gasteiger partial charge is 0.465 e. The number of rotatable bonds is 7. The van der Waals surface area contributed by atoms with Gasteiger partial charge in [0.15, 0.2) is 0 Å². The van der Waals surface area contributed by atoms with Gasteiger partial charge >= 0.3 is 5.97 Å². The molecule has 1 amide bonds. The van der Waals surface area contributed by atoms with Gasteiger partial charge in [-0.25, -0.2) is 4.79 Å². The van der Waals surface area contributed by atoms with Gasteiger partial charge < -0.3 is 10.1 Å². The number of carbonyl (C=O) groups excluding carboxylic acids is 2. The van der Waals surface area contributed by atoms with Crippen molar-refractivity contribution in [2.24, 2.45) is 0 Å². The summed E-state index contributed by atoms with van der Waals surface area (Å²) >= 11 is 3.23. The highest BCUT2D eigenvalue weighted by atomic mass is 35.5. The Hall–Kier alpha value is -1.54. The number of fused-ring (bicyclic) bond motifs is 1. The summed E-state index contributed by atoms with van der Waals surface area (Å²) in [5, 5.41) is 3.54. The number of anilines is 1. The van der Waals surface area contributed by atoms with Gasteiger partial charge in [-0.05, 0) is 55.0 Å². The van der Waals surface area contributed by atoms with Crippen LogP contribution in [0.1, 0.15) is 51.4 Å². The summed E-state index contributed by atoms with van der Waals surface area (Å²) in [5.74, 6) is 0.401. The van der Waals surface area contributed by atoms with E-state index in [1.54, 1.807) is 11.8 Å². The number of ether oxygens (including phenoxy) is 1. The summed E-state index contributed by atoms with van der Waals surface area (Å²) in [6.07, 6.45) is 1.90. The average Bonchev–Trinajstić information content (AvgIpc) is 3.05. The lowest BCUT2D eigenvalue weighted by Gasteiger charge is -2.26. The highest BCUT2D eigenvalue weighted by Gasteiger charge is 2.29. The first-order valence-corrected chi connectivity index (χ1v) is 11.4. The summed E-state index contributed by atoms with van der Waals surface area (Å²) in [6.45, 7) is 7.04. The Labute approximate surface area is 186 Å². The van der Waals surface area contributed by atoms with Crippen molar-refractivity contribution < 1.29 is 14.3 Å². The van der Waals surface area contributed by atoms with Crippen LogP contribution in [0.15, 0.2) is 29.2 Å². The number of benzene rings is 1. The van der Waals surface area contributed by atoms with E-state index in [-0.39, 0.29) is 24.3 Å². The first-order valence-electron chi connectivity index (χ1n) is 9.56. The molecule has 0 saturated heterocycles. The maximum atomic E-state index is 12.8. The minimum absolute atomic E-state index is 0. The molecule has 0 atom stereocenters. The Morgan fingerprint density at radius 3 is 2.59 bits per heavy atom. The van der Waals surface area contributed by atoms with E-state index >= 15 is 0 Å². The fraction of sp³-hybridized carbons (Fsp3) is 0.429. The summed E-state index contributed by atoms with van der Waals surface area (Å²) < 4.78 is 5.01. The number of hydrogen-bond acceptors (Lipinski definition) is 6. The molecule has 1 aliphatic heterocycles. The zero-order valence-electron chi connectivity index (χ0n) is 16.9. The van der Waals surface area contributed by atoms with Crippen molar-refractivity contribution in [2.45, 2.75) is 38.1 Å². The summed E-state index contributed by atoms with van der Waals surface area (Å²) in [6, 6.07) is 7.54. The minimum atomic E-state index is -0.383. The van der Waals surface area contributed by atoms with Gasteiger partial charge in [-0.3, -0.25) is 9.69 Å². The third-order valence-electron chi connectivity index (χ3n) is 4.72. The van der Waals surface area contributed by atoms with Crippen molar-refractivity contribution in [3.63, 3.8) is 0 Å². The predicted octanol–water partition coefficient (Wildman–Crippen LogP) is 5.09. The Kier molecular flexibility index (Phi) is 9.02. The van der Waals surface area contributed by atoms with Crippen molar-refractivity contribution in [1.29, 1.82) is 0 Å².